The second-order valence-electron chi connectivity index (χ2n) is 7.18. The van der Waals surface area contributed by atoms with Crippen molar-refractivity contribution in [3.05, 3.63) is 58.1 Å². The topological polar surface area (TPSA) is 55.4 Å². The van der Waals surface area contributed by atoms with Gasteiger partial charge in [0.05, 0.1) is 7.11 Å². The Morgan fingerprint density at radius 3 is 2.35 bits per heavy atom. The zero-order valence-corrected chi connectivity index (χ0v) is 16.7. The molecule has 4 nitrogen and oxygen atoms in total. The Balaban J connectivity index is 1.96. The van der Waals surface area contributed by atoms with Crippen molar-refractivity contribution in [2.45, 2.75) is 57.4 Å². The van der Waals surface area contributed by atoms with E-state index < -0.39 is 10.0 Å². The molecule has 0 spiro atoms. The highest BCUT2D eigenvalue weighted by Gasteiger charge is 2.25. The molecule has 1 aliphatic rings. The largest absolute Gasteiger partial charge is 0.495 e. The number of fused-ring (bicyclic) bond motifs is 1. The number of nitrogens with one attached hydrogen (secondary N) is 1. The maximum absolute atomic E-state index is 13.1. The molecule has 26 heavy (non-hydrogen) atoms. The number of aryl methyl sites for hydroxylation is 4. The summed E-state index contributed by atoms with van der Waals surface area (Å²) in [5.74, 6) is 0.423. The van der Waals surface area contributed by atoms with Crippen LogP contribution in [0.2, 0.25) is 0 Å². The molecule has 140 valence electrons. The van der Waals surface area contributed by atoms with Crippen LogP contribution in [0.25, 0.3) is 0 Å². The van der Waals surface area contributed by atoms with Crippen LogP contribution in [0.1, 0.15) is 53.6 Å². The van der Waals surface area contributed by atoms with E-state index in [1.54, 1.807) is 6.07 Å². The molecule has 2 aromatic carbocycles. The van der Waals surface area contributed by atoms with Crippen LogP contribution in [0.15, 0.2) is 35.2 Å². The minimum Gasteiger partial charge on any atom is -0.495 e. The summed E-state index contributed by atoms with van der Waals surface area (Å²) >= 11 is 0. The molecule has 0 saturated heterocycles. The molecule has 1 N–H and O–H groups in total. The first-order chi connectivity index (χ1) is 12.3. The first kappa shape index (κ1) is 18.9. The second kappa shape index (κ2) is 7.41. The first-order valence-electron chi connectivity index (χ1n) is 9.11. The van der Waals surface area contributed by atoms with Crippen molar-refractivity contribution >= 4 is 10.0 Å². The zero-order chi connectivity index (χ0) is 18.9. The number of benzene rings is 2. The molecule has 0 unspecified atom stereocenters. The fourth-order valence-corrected chi connectivity index (χ4v) is 5.12. The van der Waals surface area contributed by atoms with E-state index in [1.165, 1.54) is 12.7 Å². The number of methoxy groups -OCH3 is 1. The number of hydrogen-bond donors (Lipinski definition) is 1. The van der Waals surface area contributed by atoms with Crippen LogP contribution < -0.4 is 9.46 Å². The van der Waals surface area contributed by atoms with Gasteiger partial charge in [0.15, 0.2) is 0 Å². The third-order valence-corrected chi connectivity index (χ3v) is 6.71. The van der Waals surface area contributed by atoms with E-state index in [0.717, 1.165) is 47.9 Å². The van der Waals surface area contributed by atoms with Crippen molar-refractivity contribution in [2.24, 2.45) is 0 Å². The number of hydrogen-bond acceptors (Lipinski definition) is 3. The molecule has 5 heteroatoms. The standard InChI is InChI=1S/C21H27NO3S/c1-14-9-10-15(2)19(11-14)16(3)22-26(23,24)21-13-18-8-6-5-7-17(18)12-20(21)25-4/h9-13,16,22H,5-8H2,1-4H3/t16-/m0/s1. The smallest absolute Gasteiger partial charge is 0.244 e. The Morgan fingerprint density at radius 2 is 1.69 bits per heavy atom. The van der Waals surface area contributed by atoms with Gasteiger partial charge in [0.2, 0.25) is 10.0 Å². The van der Waals surface area contributed by atoms with Crippen LogP contribution in [0.3, 0.4) is 0 Å². The van der Waals surface area contributed by atoms with Gasteiger partial charge in [0.25, 0.3) is 0 Å². The summed E-state index contributed by atoms with van der Waals surface area (Å²) in [6, 6.07) is 9.46. The van der Waals surface area contributed by atoms with Crippen molar-refractivity contribution < 1.29 is 13.2 Å². The summed E-state index contributed by atoms with van der Waals surface area (Å²) < 4.78 is 34.4. The first-order valence-corrected chi connectivity index (χ1v) is 10.6. The van der Waals surface area contributed by atoms with Gasteiger partial charge in [-0.1, -0.05) is 23.8 Å². The van der Waals surface area contributed by atoms with Gasteiger partial charge in [-0.2, -0.15) is 0 Å². The fourth-order valence-electron chi connectivity index (χ4n) is 3.70. The summed E-state index contributed by atoms with van der Waals surface area (Å²) in [5, 5.41) is 0. The van der Waals surface area contributed by atoms with Crippen LogP contribution in [0.5, 0.6) is 5.75 Å². The van der Waals surface area contributed by atoms with E-state index in [0.29, 0.717) is 5.75 Å². The van der Waals surface area contributed by atoms with E-state index in [2.05, 4.69) is 4.72 Å². The molecule has 1 atom stereocenters. The summed E-state index contributed by atoms with van der Waals surface area (Å²) in [6.45, 7) is 5.89. The zero-order valence-electron chi connectivity index (χ0n) is 15.9. The van der Waals surface area contributed by atoms with E-state index in [4.69, 9.17) is 4.74 Å². The van der Waals surface area contributed by atoms with E-state index in [9.17, 15) is 8.42 Å². The highest BCUT2D eigenvalue weighted by atomic mass is 32.2. The molecule has 0 fully saturated rings. The van der Waals surface area contributed by atoms with Crippen LogP contribution in [0, 0.1) is 13.8 Å². The second-order valence-corrected chi connectivity index (χ2v) is 8.86. The van der Waals surface area contributed by atoms with Gasteiger partial charge in [-0.25, -0.2) is 13.1 Å². The lowest BCUT2D eigenvalue weighted by atomic mass is 9.92. The molecule has 0 saturated carbocycles. The van der Waals surface area contributed by atoms with Gasteiger partial charge >= 0.3 is 0 Å². The van der Waals surface area contributed by atoms with Crippen molar-refractivity contribution in [1.29, 1.82) is 0 Å². The summed E-state index contributed by atoms with van der Waals surface area (Å²) in [6.07, 6.45) is 4.15. The van der Waals surface area contributed by atoms with Crippen LogP contribution in [-0.4, -0.2) is 15.5 Å². The summed E-state index contributed by atoms with van der Waals surface area (Å²) in [5.41, 5.74) is 5.50. The Morgan fingerprint density at radius 1 is 1.04 bits per heavy atom. The van der Waals surface area contributed by atoms with Gasteiger partial charge < -0.3 is 4.74 Å². The lowest BCUT2D eigenvalue weighted by Gasteiger charge is -2.21. The highest BCUT2D eigenvalue weighted by Crippen LogP contribution is 2.33. The SMILES string of the molecule is COc1cc2c(cc1S(=O)(=O)N[C@@H](C)c1cc(C)ccc1C)CCCC2. The monoisotopic (exact) mass is 373 g/mol. The molecule has 0 bridgehead atoms. The minimum atomic E-state index is -3.69. The summed E-state index contributed by atoms with van der Waals surface area (Å²) in [4.78, 5) is 0.234. The molecular formula is C21H27NO3S. The maximum atomic E-state index is 13.1. The predicted molar refractivity (Wildman–Crippen MR) is 104 cm³/mol. The van der Waals surface area contributed by atoms with Crippen molar-refractivity contribution in [2.75, 3.05) is 7.11 Å². The molecular weight excluding hydrogens is 346 g/mol. The number of ether oxygens (including phenoxy) is 1. The van der Waals surface area contributed by atoms with Crippen LogP contribution in [-0.2, 0) is 22.9 Å². The van der Waals surface area contributed by atoms with E-state index in [-0.39, 0.29) is 10.9 Å². The average molecular weight is 374 g/mol. The molecule has 3 rings (SSSR count). The Hall–Kier alpha value is -1.85. The van der Waals surface area contributed by atoms with E-state index >= 15 is 0 Å². The Kier molecular flexibility index (Phi) is 5.39. The molecule has 0 aromatic heterocycles. The fraction of sp³-hybridized carbons (Fsp3) is 0.429. The molecule has 0 heterocycles. The highest BCUT2D eigenvalue weighted by molar-refractivity contribution is 7.89. The van der Waals surface area contributed by atoms with E-state index in [1.807, 2.05) is 45.0 Å². The average Bonchev–Trinajstić information content (AvgIpc) is 2.62. The lowest BCUT2D eigenvalue weighted by Crippen LogP contribution is -2.28. The van der Waals surface area contributed by atoms with Crippen molar-refractivity contribution in [3.8, 4) is 5.75 Å². The van der Waals surface area contributed by atoms with Crippen molar-refractivity contribution in [1.82, 2.24) is 4.72 Å². The number of rotatable bonds is 5. The maximum Gasteiger partial charge on any atom is 0.244 e. The third-order valence-electron chi connectivity index (χ3n) is 5.15. The minimum absolute atomic E-state index is 0.234. The van der Waals surface area contributed by atoms with Gasteiger partial charge in [0.1, 0.15) is 10.6 Å². The number of sulfonamides is 1. The molecule has 0 radical (unpaired) electrons. The van der Waals surface area contributed by atoms with Gasteiger partial charge in [-0.05, 0) is 80.8 Å². The predicted octanol–water partition coefficient (Wildman–Crippen LogP) is 4.23. The lowest BCUT2D eigenvalue weighted by molar-refractivity contribution is 0.400. The van der Waals surface area contributed by atoms with Crippen LogP contribution >= 0.6 is 0 Å². The Labute approximate surface area is 156 Å². The normalized spacial score (nSPS) is 15.4. The van der Waals surface area contributed by atoms with Crippen molar-refractivity contribution in [3.63, 3.8) is 0 Å². The summed E-state index contributed by atoms with van der Waals surface area (Å²) in [7, 11) is -2.16. The molecule has 1 aliphatic carbocycles. The molecule has 2 aromatic rings. The van der Waals surface area contributed by atoms with Gasteiger partial charge in [-0.3, -0.25) is 0 Å². The van der Waals surface area contributed by atoms with Gasteiger partial charge in [0, 0.05) is 6.04 Å². The molecule has 0 amide bonds. The molecule has 0 aliphatic heterocycles. The van der Waals surface area contributed by atoms with Crippen LogP contribution in [0.4, 0.5) is 0 Å². The third kappa shape index (κ3) is 3.79. The Bertz CT molecular complexity index is 919. The quantitative estimate of drug-likeness (QED) is 0.853. The van der Waals surface area contributed by atoms with Gasteiger partial charge in [-0.15, -0.1) is 0 Å².